The lowest BCUT2D eigenvalue weighted by Gasteiger charge is -2.07. The lowest BCUT2D eigenvalue weighted by molar-refractivity contribution is 0.0936. The SMILES string of the molecule is CC(O)CCNC(=O)c1cc(COc2cccc3cnccc23)on1. The summed E-state index contributed by atoms with van der Waals surface area (Å²) in [5, 5.41) is 17.5. The molecule has 0 bridgehead atoms. The average molecular weight is 341 g/mol. The first kappa shape index (κ1) is 16.9. The number of carbonyl (C=O) groups excluding carboxylic acids is 1. The highest BCUT2D eigenvalue weighted by Gasteiger charge is 2.13. The van der Waals surface area contributed by atoms with Gasteiger partial charge in [-0.1, -0.05) is 17.3 Å². The van der Waals surface area contributed by atoms with E-state index in [0.717, 1.165) is 10.8 Å². The number of hydrogen-bond acceptors (Lipinski definition) is 6. The first-order valence-corrected chi connectivity index (χ1v) is 8.01. The molecule has 0 saturated heterocycles. The zero-order chi connectivity index (χ0) is 17.6. The Hall–Kier alpha value is -2.93. The third-order valence-corrected chi connectivity index (χ3v) is 3.65. The number of nitrogens with zero attached hydrogens (tertiary/aromatic N) is 2. The Kier molecular flexibility index (Phi) is 5.25. The number of aliphatic hydroxyl groups is 1. The zero-order valence-corrected chi connectivity index (χ0v) is 13.8. The fraction of sp³-hybridized carbons (Fsp3) is 0.278. The molecular weight excluding hydrogens is 322 g/mol. The monoisotopic (exact) mass is 341 g/mol. The maximum Gasteiger partial charge on any atom is 0.273 e. The van der Waals surface area contributed by atoms with Gasteiger partial charge in [0, 0.05) is 35.8 Å². The Morgan fingerprint density at radius 2 is 2.28 bits per heavy atom. The van der Waals surface area contributed by atoms with E-state index in [1.54, 1.807) is 25.4 Å². The Balaban J connectivity index is 1.61. The number of benzene rings is 1. The maximum atomic E-state index is 11.9. The zero-order valence-electron chi connectivity index (χ0n) is 13.8. The van der Waals surface area contributed by atoms with Gasteiger partial charge in [-0.3, -0.25) is 9.78 Å². The predicted octanol–water partition coefficient (Wildman–Crippen LogP) is 2.30. The summed E-state index contributed by atoms with van der Waals surface area (Å²) < 4.78 is 10.9. The minimum atomic E-state index is -0.461. The summed E-state index contributed by atoms with van der Waals surface area (Å²) in [6.07, 6.45) is 3.50. The summed E-state index contributed by atoms with van der Waals surface area (Å²) >= 11 is 0. The molecule has 1 unspecified atom stereocenters. The van der Waals surface area contributed by atoms with E-state index in [-0.39, 0.29) is 18.2 Å². The molecule has 25 heavy (non-hydrogen) atoms. The number of aromatic nitrogens is 2. The Morgan fingerprint density at radius 3 is 3.12 bits per heavy atom. The third-order valence-electron chi connectivity index (χ3n) is 3.65. The van der Waals surface area contributed by atoms with E-state index in [1.165, 1.54) is 0 Å². The fourth-order valence-corrected chi connectivity index (χ4v) is 2.34. The van der Waals surface area contributed by atoms with E-state index < -0.39 is 6.10 Å². The highest BCUT2D eigenvalue weighted by molar-refractivity contribution is 5.92. The molecule has 1 amide bonds. The normalized spacial score (nSPS) is 12.1. The van der Waals surface area contributed by atoms with Crippen molar-refractivity contribution in [3.05, 3.63) is 54.2 Å². The average Bonchev–Trinajstić information content (AvgIpc) is 3.08. The molecule has 7 heteroatoms. The number of aliphatic hydroxyl groups excluding tert-OH is 1. The van der Waals surface area contributed by atoms with Gasteiger partial charge in [0.25, 0.3) is 5.91 Å². The molecule has 2 heterocycles. The summed E-state index contributed by atoms with van der Waals surface area (Å²) in [6, 6.07) is 9.14. The predicted molar refractivity (Wildman–Crippen MR) is 91.2 cm³/mol. The molecule has 0 fully saturated rings. The van der Waals surface area contributed by atoms with Crippen LogP contribution in [0.4, 0.5) is 0 Å². The van der Waals surface area contributed by atoms with Gasteiger partial charge in [-0.15, -0.1) is 0 Å². The van der Waals surface area contributed by atoms with Crippen LogP contribution in [0.15, 0.2) is 47.2 Å². The van der Waals surface area contributed by atoms with E-state index in [9.17, 15) is 9.90 Å². The number of amides is 1. The molecule has 0 aliphatic carbocycles. The number of carbonyl (C=O) groups is 1. The van der Waals surface area contributed by atoms with Gasteiger partial charge in [0.2, 0.25) is 0 Å². The molecule has 2 aromatic heterocycles. The van der Waals surface area contributed by atoms with Gasteiger partial charge in [-0.25, -0.2) is 0 Å². The molecule has 1 atom stereocenters. The van der Waals surface area contributed by atoms with Crippen LogP contribution in [-0.2, 0) is 6.61 Å². The van der Waals surface area contributed by atoms with Crippen molar-refractivity contribution in [1.82, 2.24) is 15.5 Å². The van der Waals surface area contributed by atoms with E-state index in [4.69, 9.17) is 9.26 Å². The number of rotatable bonds is 7. The van der Waals surface area contributed by atoms with E-state index in [0.29, 0.717) is 24.5 Å². The van der Waals surface area contributed by atoms with Crippen molar-refractivity contribution < 1.29 is 19.2 Å². The van der Waals surface area contributed by atoms with Gasteiger partial charge < -0.3 is 19.7 Å². The van der Waals surface area contributed by atoms with Crippen LogP contribution in [0.25, 0.3) is 10.8 Å². The number of nitrogens with one attached hydrogen (secondary N) is 1. The van der Waals surface area contributed by atoms with E-state index >= 15 is 0 Å². The Bertz CT molecular complexity index is 855. The van der Waals surface area contributed by atoms with Crippen LogP contribution in [0.2, 0.25) is 0 Å². The molecule has 0 radical (unpaired) electrons. The van der Waals surface area contributed by atoms with Crippen molar-refractivity contribution in [2.75, 3.05) is 6.54 Å². The van der Waals surface area contributed by atoms with Crippen LogP contribution in [0, 0.1) is 0 Å². The highest BCUT2D eigenvalue weighted by atomic mass is 16.5. The molecular formula is C18H19N3O4. The molecule has 2 N–H and O–H groups in total. The molecule has 130 valence electrons. The van der Waals surface area contributed by atoms with Crippen LogP contribution in [0.3, 0.4) is 0 Å². The molecule has 0 aliphatic rings. The van der Waals surface area contributed by atoms with Crippen molar-refractivity contribution in [2.45, 2.75) is 26.1 Å². The molecule has 3 aromatic rings. The first-order chi connectivity index (χ1) is 12.1. The summed E-state index contributed by atoms with van der Waals surface area (Å²) in [5.41, 5.74) is 0.186. The lowest BCUT2D eigenvalue weighted by atomic mass is 10.1. The first-order valence-electron chi connectivity index (χ1n) is 8.01. The summed E-state index contributed by atoms with van der Waals surface area (Å²) in [4.78, 5) is 16.0. The van der Waals surface area contributed by atoms with Gasteiger partial charge in [0.1, 0.15) is 12.4 Å². The third kappa shape index (κ3) is 4.33. The lowest BCUT2D eigenvalue weighted by Crippen LogP contribution is -2.26. The van der Waals surface area contributed by atoms with Crippen molar-refractivity contribution in [2.24, 2.45) is 0 Å². The van der Waals surface area contributed by atoms with E-state index in [2.05, 4.69) is 15.5 Å². The second-order valence-corrected chi connectivity index (χ2v) is 5.71. The summed E-state index contributed by atoms with van der Waals surface area (Å²) in [7, 11) is 0. The topological polar surface area (TPSA) is 97.5 Å². The van der Waals surface area contributed by atoms with Gasteiger partial charge in [0.05, 0.1) is 6.10 Å². The van der Waals surface area contributed by atoms with Crippen LogP contribution in [0.1, 0.15) is 29.6 Å². The van der Waals surface area contributed by atoms with E-state index in [1.807, 2.05) is 24.3 Å². The molecule has 7 nitrogen and oxygen atoms in total. The Morgan fingerprint density at radius 1 is 1.40 bits per heavy atom. The molecule has 0 saturated carbocycles. The Labute approximate surface area is 144 Å². The van der Waals surface area contributed by atoms with Crippen molar-refractivity contribution >= 4 is 16.7 Å². The molecule has 3 rings (SSSR count). The number of ether oxygens (including phenoxy) is 1. The minimum Gasteiger partial charge on any atom is -0.485 e. The van der Waals surface area contributed by atoms with Crippen LogP contribution < -0.4 is 10.1 Å². The number of hydrogen-bond donors (Lipinski definition) is 2. The smallest absolute Gasteiger partial charge is 0.273 e. The summed E-state index contributed by atoms with van der Waals surface area (Å²) in [5.74, 6) is 0.817. The second kappa shape index (κ2) is 7.76. The van der Waals surface area contributed by atoms with Crippen molar-refractivity contribution in [1.29, 1.82) is 0 Å². The van der Waals surface area contributed by atoms with Crippen molar-refractivity contribution in [3.63, 3.8) is 0 Å². The van der Waals surface area contributed by atoms with Gasteiger partial charge in [-0.05, 0) is 25.5 Å². The highest BCUT2D eigenvalue weighted by Crippen LogP contribution is 2.25. The van der Waals surface area contributed by atoms with Crippen molar-refractivity contribution in [3.8, 4) is 5.75 Å². The van der Waals surface area contributed by atoms with Gasteiger partial charge in [0.15, 0.2) is 11.5 Å². The summed E-state index contributed by atoms with van der Waals surface area (Å²) in [6.45, 7) is 2.20. The molecule has 1 aromatic carbocycles. The second-order valence-electron chi connectivity index (χ2n) is 5.71. The maximum absolute atomic E-state index is 11.9. The van der Waals surface area contributed by atoms with Crippen LogP contribution >= 0.6 is 0 Å². The standard InChI is InChI=1S/C18H19N3O4/c1-12(22)5-8-20-18(23)16-9-14(25-21-16)11-24-17-4-2-3-13-10-19-7-6-15(13)17/h2-4,6-7,9-10,12,22H,5,8,11H2,1H3,(H,20,23). The van der Waals surface area contributed by atoms with Crippen LogP contribution in [-0.4, -0.2) is 33.8 Å². The quantitative estimate of drug-likeness (QED) is 0.684. The minimum absolute atomic E-state index is 0.162. The van der Waals surface area contributed by atoms with Gasteiger partial charge in [-0.2, -0.15) is 0 Å². The van der Waals surface area contributed by atoms with Crippen LogP contribution in [0.5, 0.6) is 5.75 Å². The fourth-order valence-electron chi connectivity index (χ4n) is 2.34. The number of fused-ring (bicyclic) bond motifs is 1. The molecule has 0 aliphatic heterocycles. The van der Waals surface area contributed by atoms with Gasteiger partial charge >= 0.3 is 0 Å². The molecule has 0 spiro atoms. The number of pyridine rings is 1. The largest absolute Gasteiger partial charge is 0.485 e.